The van der Waals surface area contributed by atoms with Crippen LogP contribution in [-0.2, 0) is 29.4 Å². The van der Waals surface area contributed by atoms with Crippen LogP contribution in [-0.4, -0.2) is 48.6 Å². The number of esters is 1. The van der Waals surface area contributed by atoms with Crippen molar-refractivity contribution in [2.75, 3.05) is 24.6 Å². The van der Waals surface area contributed by atoms with Crippen LogP contribution < -0.4 is 10.0 Å². The van der Waals surface area contributed by atoms with Crippen molar-refractivity contribution in [1.82, 2.24) is 5.32 Å². The number of sulfone groups is 1. The molecule has 2 N–H and O–H groups in total. The third kappa shape index (κ3) is 5.92. The number of methoxy groups -OCH3 is 1. The highest BCUT2D eigenvalue weighted by Crippen LogP contribution is 2.23. The monoisotopic (exact) mass is 460 g/mol. The summed E-state index contributed by atoms with van der Waals surface area (Å²) < 4.78 is 54.9. The van der Waals surface area contributed by atoms with Crippen molar-refractivity contribution in [1.29, 1.82) is 0 Å². The van der Waals surface area contributed by atoms with E-state index in [-0.39, 0.29) is 26.1 Å². The van der Waals surface area contributed by atoms with Crippen molar-refractivity contribution in [2.45, 2.75) is 9.79 Å². The molecule has 0 saturated carbocycles. The summed E-state index contributed by atoms with van der Waals surface area (Å²) in [6.07, 6.45) is 1.03. The maximum atomic E-state index is 12.6. The standard InChI is InChI=1S/C17H17ClN2O7S2/c1-27-16(21)10-19-17(22)14-9-13(7-8-15(14)18)29(25,26)20-11-3-5-12(6-4-11)28(2,23)24/h3-9,20H,10H2,1-2H3,(H,19,22). The molecule has 0 saturated heterocycles. The smallest absolute Gasteiger partial charge is 0.325 e. The van der Waals surface area contributed by atoms with E-state index in [1.54, 1.807) is 0 Å². The molecule has 9 nitrogen and oxygen atoms in total. The number of nitrogens with one attached hydrogen (secondary N) is 2. The molecule has 2 aromatic carbocycles. The minimum absolute atomic E-state index is 0.0104. The number of rotatable bonds is 7. The molecule has 2 aromatic rings. The highest BCUT2D eigenvalue weighted by Gasteiger charge is 2.20. The Kier molecular flexibility index (Phi) is 6.88. The molecule has 0 bridgehead atoms. The first kappa shape index (κ1) is 22.7. The summed E-state index contributed by atoms with van der Waals surface area (Å²) in [6, 6.07) is 8.62. The van der Waals surface area contributed by atoms with Gasteiger partial charge in [0.25, 0.3) is 15.9 Å². The zero-order valence-electron chi connectivity index (χ0n) is 15.3. The van der Waals surface area contributed by atoms with Crippen LogP contribution in [0.4, 0.5) is 5.69 Å². The third-order valence-electron chi connectivity index (χ3n) is 3.65. The number of hydrogen-bond acceptors (Lipinski definition) is 7. The zero-order chi connectivity index (χ0) is 21.8. The number of carbonyl (C=O) groups excluding carboxylic acids is 2. The Morgan fingerprint density at radius 2 is 1.59 bits per heavy atom. The van der Waals surface area contributed by atoms with Crippen LogP contribution in [0.5, 0.6) is 0 Å². The molecule has 0 aliphatic heterocycles. The summed E-state index contributed by atoms with van der Waals surface area (Å²) >= 11 is 5.96. The van der Waals surface area contributed by atoms with E-state index in [0.29, 0.717) is 0 Å². The number of hydrogen-bond donors (Lipinski definition) is 2. The number of amides is 1. The lowest BCUT2D eigenvalue weighted by Crippen LogP contribution is -2.30. The van der Waals surface area contributed by atoms with Crippen LogP contribution in [0.15, 0.2) is 52.3 Å². The van der Waals surface area contributed by atoms with Gasteiger partial charge in [-0.15, -0.1) is 0 Å². The number of halogens is 1. The molecule has 0 aromatic heterocycles. The number of benzene rings is 2. The Labute approximate surface area is 173 Å². The van der Waals surface area contributed by atoms with Gasteiger partial charge in [-0.1, -0.05) is 11.6 Å². The average Bonchev–Trinajstić information content (AvgIpc) is 2.65. The predicted octanol–water partition coefficient (Wildman–Crippen LogP) is 1.45. The van der Waals surface area contributed by atoms with Crippen LogP contribution in [0, 0.1) is 0 Å². The van der Waals surface area contributed by atoms with Gasteiger partial charge in [-0.3, -0.25) is 14.3 Å². The van der Waals surface area contributed by atoms with E-state index in [0.717, 1.165) is 19.4 Å². The van der Waals surface area contributed by atoms with Crippen molar-refractivity contribution in [3.8, 4) is 0 Å². The van der Waals surface area contributed by atoms with Gasteiger partial charge in [0, 0.05) is 11.9 Å². The lowest BCUT2D eigenvalue weighted by Gasteiger charge is -2.11. The Balaban J connectivity index is 2.26. The van der Waals surface area contributed by atoms with E-state index >= 15 is 0 Å². The Hall–Kier alpha value is -2.63. The summed E-state index contributed by atoms with van der Waals surface area (Å²) in [5.41, 5.74) is -0.0186. The molecule has 0 spiro atoms. The van der Waals surface area contributed by atoms with Gasteiger partial charge in [0.05, 0.1) is 27.5 Å². The lowest BCUT2D eigenvalue weighted by atomic mass is 10.2. The molecular weight excluding hydrogens is 444 g/mol. The van der Waals surface area contributed by atoms with Crippen molar-refractivity contribution >= 4 is 49.0 Å². The second-order valence-corrected chi connectivity index (χ2v) is 9.91. The fraction of sp³-hybridized carbons (Fsp3) is 0.176. The Morgan fingerprint density at radius 1 is 1.00 bits per heavy atom. The fourth-order valence-corrected chi connectivity index (χ4v) is 4.07. The summed E-state index contributed by atoms with van der Waals surface area (Å²) in [7, 11) is -6.36. The maximum Gasteiger partial charge on any atom is 0.325 e. The molecule has 0 radical (unpaired) electrons. The molecule has 156 valence electrons. The van der Waals surface area contributed by atoms with Gasteiger partial charge in [0.1, 0.15) is 6.54 Å². The van der Waals surface area contributed by atoms with E-state index < -0.39 is 38.3 Å². The average molecular weight is 461 g/mol. The maximum absolute atomic E-state index is 12.6. The van der Waals surface area contributed by atoms with E-state index in [1.807, 2.05) is 0 Å². The fourth-order valence-electron chi connectivity index (χ4n) is 2.15. The van der Waals surface area contributed by atoms with E-state index in [4.69, 9.17) is 11.6 Å². The Morgan fingerprint density at radius 3 is 2.14 bits per heavy atom. The third-order valence-corrected chi connectivity index (χ3v) is 6.49. The van der Waals surface area contributed by atoms with Gasteiger partial charge in [-0.2, -0.15) is 0 Å². The van der Waals surface area contributed by atoms with Crippen LogP contribution in [0.2, 0.25) is 5.02 Å². The molecule has 0 aliphatic rings. The van der Waals surface area contributed by atoms with Crippen molar-refractivity contribution in [3.63, 3.8) is 0 Å². The summed E-state index contributed by atoms with van der Waals surface area (Å²) in [5.74, 6) is -1.44. The quantitative estimate of drug-likeness (QED) is 0.596. The van der Waals surface area contributed by atoms with Gasteiger partial charge < -0.3 is 10.1 Å². The topological polar surface area (TPSA) is 136 Å². The zero-order valence-corrected chi connectivity index (χ0v) is 17.7. The number of anilines is 1. The molecular formula is C17H17ClN2O7S2. The van der Waals surface area contributed by atoms with Crippen LogP contribution in [0.1, 0.15) is 10.4 Å². The number of carbonyl (C=O) groups is 2. The molecule has 0 heterocycles. The summed E-state index contributed by atoms with van der Waals surface area (Å²) in [6.45, 7) is -0.409. The summed E-state index contributed by atoms with van der Waals surface area (Å²) in [4.78, 5) is 23.1. The molecule has 12 heteroatoms. The van der Waals surface area contributed by atoms with Gasteiger partial charge in [-0.05, 0) is 42.5 Å². The highest BCUT2D eigenvalue weighted by molar-refractivity contribution is 7.92. The normalized spacial score (nSPS) is 11.6. The minimum Gasteiger partial charge on any atom is -0.468 e. The molecule has 1 amide bonds. The SMILES string of the molecule is COC(=O)CNC(=O)c1cc(S(=O)(=O)Nc2ccc(S(C)(=O)=O)cc2)ccc1Cl. The molecule has 0 atom stereocenters. The van der Waals surface area contributed by atoms with Gasteiger partial charge in [0.15, 0.2) is 9.84 Å². The molecule has 0 unspecified atom stereocenters. The van der Waals surface area contributed by atoms with Crippen molar-refractivity contribution in [2.24, 2.45) is 0 Å². The first-order valence-electron chi connectivity index (χ1n) is 7.91. The Bertz CT molecular complexity index is 1140. The first-order chi connectivity index (χ1) is 13.4. The van der Waals surface area contributed by atoms with Crippen LogP contribution in [0.25, 0.3) is 0 Å². The first-order valence-corrected chi connectivity index (χ1v) is 11.7. The van der Waals surface area contributed by atoms with Gasteiger partial charge in [0.2, 0.25) is 0 Å². The van der Waals surface area contributed by atoms with Gasteiger partial charge >= 0.3 is 5.97 Å². The lowest BCUT2D eigenvalue weighted by molar-refractivity contribution is -0.139. The van der Waals surface area contributed by atoms with Crippen molar-refractivity contribution < 1.29 is 31.2 Å². The van der Waals surface area contributed by atoms with E-state index in [1.165, 1.54) is 36.4 Å². The molecule has 29 heavy (non-hydrogen) atoms. The summed E-state index contributed by atoms with van der Waals surface area (Å²) in [5, 5.41) is 2.26. The largest absolute Gasteiger partial charge is 0.468 e. The van der Waals surface area contributed by atoms with E-state index in [9.17, 15) is 26.4 Å². The van der Waals surface area contributed by atoms with Gasteiger partial charge in [-0.25, -0.2) is 16.8 Å². The number of ether oxygens (including phenoxy) is 1. The molecule has 2 rings (SSSR count). The predicted molar refractivity (Wildman–Crippen MR) is 106 cm³/mol. The molecule has 0 fully saturated rings. The van der Waals surface area contributed by atoms with Crippen LogP contribution >= 0.6 is 11.6 Å². The number of sulfonamides is 1. The van der Waals surface area contributed by atoms with Crippen LogP contribution in [0.3, 0.4) is 0 Å². The second-order valence-electron chi connectivity index (χ2n) is 5.80. The second kappa shape index (κ2) is 8.80. The van der Waals surface area contributed by atoms with E-state index in [2.05, 4.69) is 14.8 Å². The minimum atomic E-state index is -4.10. The highest BCUT2D eigenvalue weighted by atomic mass is 35.5. The molecule has 0 aliphatic carbocycles. The van der Waals surface area contributed by atoms with Crippen molar-refractivity contribution in [3.05, 3.63) is 53.1 Å².